The zero-order valence-electron chi connectivity index (χ0n) is 10.0. The summed E-state index contributed by atoms with van der Waals surface area (Å²) in [5.74, 6) is 0.116. The number of hydrogen-bond donors (Lipinski definition) is 2. The Hall–Kier alpha value is -1.03. The largest absolute Gasteiger partial charge is 0.384 e. The van der Waals surface area contributed by atoms with E-state index in [0.717, 1.165) is 16.6 Å². The van der Waals surface area contributed by atoms with Crippen molar-refractivity contribution in [2.45, 2.75) is 32.2 Å². The topological polar surface area (TPSA) is 53.1 Å². The van der Waals surface area contributed by atoms with E-state index in [9.17, 15) is 0 Å². The molecule has 0 radical (unpaired) electrons. The molecule has 1 aliphatic rings. The minimum atomic E-state index is 0.116. The fourth-order valence-corrected chi connectivity index (χ4v) is 3.09. The molecule has 3 nitrogen and oxygen atoms in total. The third-order valence-corrected chi connectivity index (χ3v) is 4.05. The van der Waals surface area contributed by atoms with Crippen LogP contribution in [0.1, 0.15) is 31.7 Å². The first-order chi connectivity index (χ1) is 8.13. The van der Waals surface area contributed by atoms with Crippen LogP contribution >= 0.6 is 15.9 Å². The normalized spacial score (nSPS) is 19.6. The Bertz CT molecular complexity index is 431. The first-order valence-electron chi connectivity index (χ1n) is 6.04. The van der Waals surface area contributed by atoms with E-state index in [0.29, 0.717) is 6.04 Å². The Balaban J connectivity index is 2.30. The molecule has 1 saturated heterocycles. The van der Waals surface area contributed by atoms with Gasteiger partial charge in [-0.1, -0.05) is 6.92 Å². The molecule has 1 atom stereocenters. The van der Waals surface area contributed by atoms with E-state index in [2.05, 4.69) is 33.8 Å². The second-order valence-corrected chi connectivity index (χ2v) is 5.33. The van der Waals surface area contributed by atoms with Crippen molar-refractivity contribution >= 4 is 27.5 Å². The lowest BCUT2D eigenvalue weighted by molar-refractivity contribution is 0.645. The van der Waals surface area contributed by atoms with Gasteiger partial charge in [0, 0.05) is 22.6 Å². The molecule has 1 heterocycles. The van der Waals surface area contributed by atoms with E-state index >= 15 is 0 Å². The summed E-state index contributed by atoms with van der Waals surface area (Å²) in [7, 11) is 0. The number of halogens is 1. The van der Waals surface area contributed by atoms with Crippen LogP contribution in [0.3, 0.4) is 0 Å². The fraction of sp³-hybridized carbons (Fsp3) is 0.462. The average molecular weight is 296 g/mol. The van der Waals surface area contributed by atoms with Crippen LogP contribution in [0.4, 0.5) is 5.69 Å². The van der Waals surface area contributed by atoms with Crippen LogP contribution < -0.4 is 10.6 Å². The molecule has 1 unspecified atom stereocenters. The SMILES string of the molecule is CCC1CCCN1c1ccc(C(=N)N)cc1Br. The number of nitrogens with two attached hydrogens (primary N) is 1. The standard InChI is InChI=1S/C13H18BrN3/c1-2-10-4-3-7-17(10)12-6-5-9(13(15)16)8-11(12)14/h5-6,8,10H,2-4,7H2,1H3,(H3,15,16). The predicted molar refractivity (Wildman–Crippen MR) is 75.8 cm³/mol. The molecule has 0 amide bonds. The molecule has 1 aromatic rings. The summed E-state index contributed by atoms with van der Waals surface area (Å²) in [6, 6.07) is 6.57. The second-order valence-electron chi connectivity index (χ2n) is 4.48. The number of nitrogens with one attached hydrogen (secondary N) is 1. The lowest BCUT2D eigenvalue weighted by Gasteiger charge is -2.27. The Morgan fingerprint density at radius 3 is 2.94 bits per heavy atom. The third kappa shape index (κ3) is 2.46. The molecule has 0 saturated carbocycles. The minimum absolute atomic E-state index is 0.116. The zero-order chi connectivity index (χ0) is 12.4. The summed E-state index contributed by atoms with van der Waals surface area (Å²) < 4.78 is 1.03. The molecule has 2 rings (SSSR count). The van der Waals surface area contributed by atoms with Crippen LogP contribution in [0.15, 0.2) is 22.7 Å². The maximum atomic E-state index is 7.43. The second kappa shape index (κ2) is 5.08. The summed E-state index contributed by atoms with van der Waals surface area (Å²) in [4.78, 5) is 2.45. The number of nitrogens with zero attached hydrogens (tertiary/aromatic N) is 1. The number of benzene rings is 1. The smallest absolute Gasteiger partial charge is 0.122 e. The molecular formula is C13H18BrN3. The van der Waals surface area contributed by atoms with Gasteiger partial charge in [-0.15, -0.1) is 0 Å². The molecule has 3 N–H and O–H groups in total. The highest BCUT2D eigenvalue weighted by Crippen LogP contribution is 2.33. The van der Waals surface area contributed by atoms with Gasteiger partial charge in [-0.05, 0) is 53.4 Å². The minimum Gasteiger partial charge on any atom is -0.384 e. The Morgan fingerprint density at radius 2 is 2.35 bits per heavy atom. The van der Waals surface area contributed by atoms with Gasteiger partial charge in [0.1, 0.15) is 5.84 Å². The van der Waals surface area contributed by atoms with Crippen LogP contribution in [0, 0.1) is 5.41 Å². The van der Waals surface area contributed by atoms with E-state index in [1.54, 1.807) is 0 Å². The van der Waals surface area contributed by atoms with Crippen LogP contribution in [0.5, 0.6) is 0 Å². The molecule has 1 aromatic carbocycles. The number of hydrogen-bond acceptors (Lipinski definition) is 2. The van der Waals surface area contributed by atoms with Gasteiger partial charge in [0.25, 0.3) is 0 Å². The highest BCUT2D eigenvalue weighted by Gasteiger charge is 2.24. The lowest BCUT2D eigenvalue weighted by Crippen LogP contribution is -2.28. The van der Waals surface area contributed by atoms with Crippen LogP contribution in [-0.2, 0) is 0 Å². The molecule has 1 fully saturated rings. The van der Waals surface area contributed by atoms with Gasteiger partial charge < -0.3 is 10.6 Å². The molecule has 17 heavy (non-hydrogen) atoms. The molecule has 1 aliphatic heterocycles. The summed E-state index contributed by atoms with van der Waals surface area (Å²) in [6.45, 7) is 3.36. The molecule has 0 aliphatic carbocycles. The van der Waals surface area contributed by atoms with Gasteiger partial charge in [-0.3, -0.25) is 5.41 Å². The molecule has 92 valence electrons. The van der Waals surface area contributed by atoms with E-state index < -0.39 is 0 Å². The van der Waals surface area contributed by atoms with Crippen molar-refractivity contribution in [1.82, 2.24) is 0 Å². The number of anilines is 1. The van der Waals surface area contributed by atoms with Crippen molar-refractivity contribution in [2.75, 3.05) is 11.4 Å². The van der Waals surface area contributed by atoms with Gasteiger partial charge in [-0.25, -0.2) is 0 Å². The number of nitrogen functional groups attached to an aromatic ring is 1. The monoisotopic (exact) mass is 295 g/mol. The Kier molecular flexibility index (Phi) is 3.72. The van der Waals surface area contributed by atoms with E-state index in [4.69, 9.17) is 11.1 Å². The van der Waals surface area contributed by atoms with Crippen molar-refractivity contribution in [3.8, 4) is 0 Å². The van der Waals surface area contributed by atoms with Crippen LogP contribution in [0.2, 0.25) is 0 Å². The Labute approximate surface area is 111 Å². The first-order valence-corrected chi connectivity index (χ1v) is 6.83. The van der Waals surface area contributed by atoms with Crippen molar-refractivity contribution in [3.05, 3.63) is 28.2 Å². The predicted octanol–water partition coefficient (Wildman–Crippen LogP) is 3.11. The van der Waals surface area contributed by atoms with Gasteiger partial charge in [0.2, 0.25) is 0 Å². The molecular weight excluding hydrogens is 278 g/mol. The van der Waals surface area contributed by atoms with Crippen LogP contribution in [0.25, 0.3) is 0 Å². The lowest BCUT2D eigenvalue weighted by atomic mass is 10.1. The maximum Gasteiger partial charge on any atom is 0.122 e. The van der Waals surface area contributed by atoms with Crippen LogP contribution in [-0.4, -0.2) is 18.4 Å². The van der Waals surface area contributed by atoms with E-state index in [-0.39, 0.29) is 5.84 Å². The van der Waals surface area contributed by atoms with Crippen molar-refractivity contribution in [2.24, 2.45) is 5.73 Å². The summed E-state index contributed by atoms with van der Waals surface area (Å²) in [6.07, 6.45) is 3.72. The van der Waals surface area contributed by atoms with Gasteiger partial charge >= 0.3 is 0 Å². The average Bonchev–Trinajstić information content (AvgIpc) is 2.76. The van der Waals surface area contributed by atoms with Crippen molar-refractivity contribution in [3.63, 3.8) is 0 Å². The summed E-state index contributed by atoms with van der Waals surface area (Å²) in [5.41, 5.74) is 7.48. The van der Waals surface area contributed by atoms with E-state index in [1.807, 2.05) is 12.1 Å². The molecule has 0 bridgehead atoms. The number of amidine groups is 1. The third-order valence-electron chi connectivity index (χ3n) is 3.42. The van der Waals surface area contributed by atoms with Crippen molar-refractivity contribution < 1.29 is 0 Å². The van der Waals surface area contributed by atoms with E-state index in [1.165, 1.54) is 24.9 Å². The summed E-state index contributed by atoms with van der Waals surface area (Å²) >= 11 is 3.59. The maximum absolute atomic E-state index is 7.43. The van der Waals surface area contributed by atoms with Gasteiger partial charge in [0.05, 0.1) is 5.69 Å². The fourth-order valence-electron chi connectivity index (χ4n) is 2.48. The molecule has 4 heteroatoms. The zero-order valence-corrected chi connectivity index (χ0v) is 11.6. The molecule has 0 aromatic heterocycles. The molecule has 0 spiro atoms. The number of rotatable bonds is 3. The summed E-state index contributed by atoms with van der Waals surface area (Å²) in [5, 5.41) is 7.43. The van der Waals surface area contributed by atoms with Crippen molar-refractivity contribution in [1.29, 1.82) is 5.41 Å². The highest BCUT2D eigenvalue weighted by molar-refractivity contribution is 9.10. The highest BCUT2D eigenvalue weighted by atomic mass is 79.9. The Morgan fingerprint density at radius 1 is 1.59 bits per heavy atom. The quantitative estimate of drug-likeness (QED) is 0.665. The van der Waals surface area contributed by atoms with Gasteiger partial charge in [0.15, 0.2) is 0 Å². The van der Waals surface area contributed by atoms with Gasteiger partial charge in [-0.2, -0.15) is 0 Å². The first kappa shape index (κ1) is 12.4.